The van der Waals surface area contributed by atoms with Crippen molar-refractivity contribution in [2.24, 2.45) is 34.2 Å². The Kier molecular flexibility index (Phi) is 3.52. The third-order valence-corrected chi connectivity index (χ3v) is 7.52. The standard InChI is InChI=1S/C22H16Cl2N2O3/c23-11-1-5-16(24)13(9-11)17-6-2-12(29-17)10-25-26-20(27)18-14-3-4-15(19(18)21(26)28)22(14)7-8-22/h1-6,9-10,14-15,18-19H,7-8H2/b25-10-/t14-,15-,18-,19+/m1/s1. The molecule has 7 heteroatoms. The average molecular weight is 427 g/mol. The minimum atomic E-state index is -0.255. The van der Waals surface area contributed by atoms with Crippen LogP contribution in [0.5, 0.6) is 0 Å². The van der Waals surface area contributed by atoms with Crippen LogP contribution < -0.4 is 0 Å². The molecule has 4 atom stereocenters. The van der Waals surface area contributed by atoms with Crippen LogP contribution in [0.4, 0.5) is 0 Å². The first-order valence-electron chi connectivity index (χ1n) is 9.65. The van der Waals surface area contributed by atoms with Gasteiger partial charge in [-0.25, -0.2) is 0 Å². The third-order valence-electron chi connectivity index (χ3n) is 6.95. The number of carbonyl (C=O) groups is 2. The van der Waals surface area contributed by atoms with Crippen LogP contribution in [-0.4, -0.2) is 23.0 Å². The van der Waals surface area contributed by atoms with E-state index in [2.05, 4.69) is 17.3 Å². The number of allylic oxidation sites excluding steroid dienone is 2. The van der Waals surface area contributed by atoms with Crippen LogP contribution in [0.3, 0.4) is 0 Å². The molecular formula is C22H16Cl2N2O3. The van der Waals surface area contributed by atoms with E-state index in [1.54, 1.807) is 30.3 Å². The Hall–Kier alpha value is -2.37. The van der Waals surface area contributed by atoms with Crippen LogP contribution in [0.25, 0.3) is 11.3 Å². The van der Waals surface area contributed by atoms with E-state index in [0.717, 1.165) is 17.9 Å². The molecule has 2 heterocycles. The van der Waals surface area contributed by atoms with Gasteiger partial charge in [-0.1, -0.05) is 35.4 Å². The lowest BCUT2D eigenvalue weighted by Crippen LogP contribution is -2.30. The molecule has 5 nitrogen and oxygen atoms in total. The van der Waals surface area contributed by atoms with E-state index in [0.29, 0.717) is 27.1 Å². The summed E-state index contributed by atoms with van der Waals surface area (Å²) in [5.41, 5.74) is 0.849. The van der Waals surface area contributed by atoms with Crippen molar-refractivity contribution in [1.29, 1.82) is 0 Å². The van der Waals surface area contributed by atoms with Gasteiger partial charge in [-0.2, -0.15) is 10.1 Å². The van der Waals surface area contributed by atoms with E-state index >= 15 is 0 Å². The lowest BCUT2D eigenvalue weighted by atomic mass is 9.85. The van der Waals surface area contributed by atoms with Crippen molar-refractivity contribution in [3.05, 3.63) is 58.3 Å². The van der Waals surface area contributed by atoms with Gasteiger partial charge in [0.15, 0.2) is 0 Å². The normalized spacial score (nSPS) is 30.9. The molecule has 2 amide bonds. The monoisotopic (exact) mass is 426 g/mol. The summed E-state index contributed by atoms with van der Waals surface area (Å²) in [6.07, 6.45) is 7.93. The number of nitrogens with zero attached hydrogens (tertiary/aromatic N) is 2. The van der Waals surface area contributed by atoms with E-state index < -0.39 is 0 Å². The van der Waals surface area contributed by atoms with Gasteiger partial charge in [0.25, 0.3) is 11.8 Å². The summed E-state index contributed by atoms with van der Waals surface area (Å²) >= 11 is 12.3. The van der Waals surface area contributed by atoms with Crippen LogP contribution in [-0.2, 0) is 9.59 Å². The molecule has 1 aliphatic heterocycles. The Labute approximate surface area is 177 Å². The number of hydrogen-bond donors (Lipinski definition) is 0. The molecule has 1 aromatic heterocycles. The number of benzene rings is 1. The van der Waals surface area contributed by atoms with Crippen LogP contribution >= 0.6 is 23.2 Å². The molecule has 146 valence electrons. The fourth-order valence-corrected chi connectivity index (χ4v) is 5.93. The summed E-state index contributed by atoms with van der Waals surface area (Å²) in [6, 6.07) is 8.59. The molecule has 2 aromatic rings. The number of rotatable bonds is 3. The predicted molar refractivity (Wildman–Crippen MR) is 108 cm³/mol. The van der Waals surface area contributed by atoms with Crippen LogP contribution in [0, 0.1) is 29.1 Å². The first-order valence-corrected chi connectivity index (χ1v) is 10.4. The molecule has 29 heavy (non-hydrogen) atoms. The molecule has 3 aliphatic carbocycles. The molecule has 0 unspecified atom stereocenters. The number of hydrazone groups is 1. The van der Waals surface area contributed by atoms with Crippen LogP contribution in [0.1, 0.15) is 18.6 Å². The highest BCUT2D eigenvalue weighted by atomic mass is 35.5. The van der Waals surface area contributed by atoms with Gasteiger partial charge in [-0.05, 0) is 60.4 Å². The first-order chi connectivity index (χ1) is 14.0. The summed E-state index contributed by atoms with van der Waals surface area (Å²) in [6.45, 7) is 0. The molecule has 6 rings (SSSR count). The van der Waals surface area contributed by atoms with E-state index in [1.165, 1.54) is 6.21 Å². The Morgan fingerprint density at radius 1 is 1.03 bits per heavy atom. The van der Waals surface area contributed by atoms with Crippen molar-refractivity contribution in [3.8, 4) is 11.3 Å². The Morgan fingerprint density at radius 2 is 1.72 bits per heavy atom. The number of carbonyl (C=O) groups excluding carboxylic acids is 2. The van der Waals surface area contributed by atoms with Crippen molar-refractivity contribution in [1.82, 2.24) is 5.01 Å². The lowest BCUT2D eigenvalue weighted by Gasteiger charge is -2.18. The quantitative estimate of drug-likeness (QED) is 0.402. The lowest BCUT2D eigenvalue weighted by molar-refractivity contribution is -0.141. The second kappa shape index (κ2) is 5.83. The highest BCUT2D eigenvalue weighted by Gasteiger charge is 2.73. The minimum absolute atomic E-state index is 0.183. The number of halogens is 2. The van der Waals surface area contributed by atoms with Gasteiger partial charge in [0.05, 0.1) is 23.1 Å². The summed E-state index contributed by atoms with van der Waals surface area (Å²) < 4.78 is 5.77. The molecule has 2 saturated carbocycles. The third kappa shape index (κ3) is 2.31. The van der Waals surface area contributed by atoms with Crippen LogP contribution in [0.2, 0.25) is 10.0 Å². The van der Waals surface area contributed by atoms with Crippen molar-refractivity contribution in [3.63, 3.8) is 0 Å². The van der Waals surface area contributed by atoms with Crippen molar-refractivity contribution in [2.45, 2.75) is 12.8 Å². The molecular weight excluding hydrogens is 411 g/mol. The SMILES string of the molecule is O=C1[C@@H]2[C@H](C(=O)N1/N=C\c1ccc(-c3cc(Cl)ccc3Cl)o1)[C@H]1C=C[C@H]2C12CC2. The van der Waals surface area contributed by atoms with Gasteiger partial charge in [-0.15, -0.1) is 0 Å². The molecule has 2 bridgehead atoms. The van der Waals surface area contributed by atoms with Gasteiger partial charge < -0.3 is 4.42 Å². The zero-order chi connectivity index (χ0) is 19.9. The Morgan fingerprint density at radius 3 is 2.38 bits per heavy atom. The van der Waals surface area contributed by atoms with Gasteiger partial charge in [-0.3, -0.25) is 9.59 Å². The molecule has 3 fully saturated rings. The van der Waals surface area contributed by atoms with Crippen LogP contribution in [0.15, 0.2) is 52.0 Å². The minimum Gasteiger partial charge on any atom is -0.455 e. The summed E-state index contributed by atoms with van der Waals surface area (Å²) in [7, 11) is 0. The fraction of sp³-hybridized carbons (Fsp3) is 0.318. The second-order valence-corrected chi connectivity index (χ2v) is 9.12. The summed E-state index contributed by atoms with van der Waals surface area (Å²) in [4.78, 5) is 25.9. The maximum absolute atomic E-state index is 12.9. The van der Waals surface area contributed by atoms with Gasteiger partial charge in [0.1, 0.15) is 11.5 Å². The number of furan rings is 1. The Balaban J connectivity index is 1.25. The van der Waals surface area contributed by atoms with E-state index in [9.17, 15) is 9.59 Å². The second-order valence-electron chi connectivity index (χ2n) is 8.28. The highest BCUT2D eigenvalue weighted by molar-refractivity contribution is 6.35. The number of amides is 2. The molecule has 4 aliphatic rings. The summed E-state index contributed by atoms with van der Waals surface area (Å²) in [5, 5.41) is 6.28. The average Bonchev–Trinajstić information content (AvgIpc) is 2.99. The van der Waals surface area contributed by atoms with E-state index in [4.69, 9.17) is 27.6 Å². The van der Waals surface area contributed by atoms with Crippen molar-refractivity contribution >= 4 is 41.2 Å². The smallest absolute Gasteiger partial charge is 0.254 e. The maximum Gasteiger partial charge on any atom is 0.254 e. The summed E-state index contributed by atoms with van der Waals surface area (Å²) in [5.74, 6) is 0.446. The Bertz CT molecular complexity index is 1100. The topological polar surface area (TPSA) is 62.9 Å². The van der Waals surface area contributed by atoms with Gasteiger partial charge in [0, 0.05) is 10.6 Å². The number of hydrogen-bond acceptors (Lipinski definition) is 4. The molecule has 0 radical (unpaired) electrons. The number of fused-ring (bicyclic) bond motifs is 3. The first kappa shape index (κ1) is 17.5. The zero-order valence-corrected chi connectivity index (χ0v) is 16.7. The van der Waals surface area contributed by atoms with Crippen molar-refractivity contribution < 1.29 is 14.0 Å². The van der Waals surface area contributed by atoms with Gasteiger partial charge >= 0.3 is 0 Å². The maximum atomic E-state index is 12.9. The zero-order valence-electron chi connectivity index (χ0n) is 15.2. The highest BCUT2D eigenvalue weighted by Crippen LogP contribution is 2.73. The molecule has 0 N–H and O–H groups in total. The van der Waals surface area contributed by atoms with E-state index in [-0.39, 0.29) is 40.9 Å². The largest absolute Gasteiger partial charge is 0.455 e. The molecule has 1 saturated heterocycles. The number of imide groups is 1. The molecule has 1 spiro atoms. The predicted octanol–water partition coefficient (Wildman–Crippen LogP) is 4.78. The van der Waals surface area contributed by atoms with Crippen molar-refractivity contribution in [2.75, 3.05) is 0 Å². The fourth-order valence-electron chi connectivity index (χ4n) is 5.54. The van der Waals surface area contributed by atoms with Gasteiger partial charge in [0.2, 0.25) is 0 Å². The van der Waals surface area contributed by atoms with E-state index in [1.807, 2.05) is 0 Å². The molecule has 1 aromatic carbocycles.